The van der Waals surface area contributed by atoms with Gasteiger partial charge < -0.3 is 0 Å². The number of rotatable bonds is 0. The molecule has 148 valence electrons. The molecule has 1 aliphatic carbocycles. The minimum Gasteiger partial charge on any atom is -0.0683 e. The summed E-state index contributed by atoms with van der Waals surface area (Å²) in [5.41, 5.74) is 5.75. The number of fused-ring (bicyclic) bond motifs is 3. The molecule has 0 saturated carbocycles. The smallest absolute Gasteiger partial charge is 0.00135 e. The molecule has 3 aromatic carbocycles. The molecule has 0 aromatic heterocycles. The maximum atomic E-state index is 2.22. The highest BCUT2D eigenvalue weighted by molar-refractivity contribution is 5.76. The molecule has 0 radical (unpaired) electrons. The Kier molecular flexibility index (Phi) is 19.9. The van der Waals surface area contributed by atoms with Crippen LogP contribution in [-0.4, -0.2) is 0 Å². The molecule has 27 heavy (non-hydrogen) atoms. The fourth-order valence-electron chi connectivity index (χ4n) is 2.46. The Morgan fingerprint density at radius 3 is 0.926 bits per heavy atom. The van der Waals surface area contributed by atoms with Gasteiger partial charge in [-0.3, -0.25) is 0 Å². The van der Waals surface area contributed by atoms with E-state index in [2.05, 4.69) is 48.5 Å². The molecular weight excluding hydrogens is 324 g/mol. The highest BCUT2D eigenvalue weighted by Crippen LogP contribution is 2.35. The van der Waals surface area contributed by atoms with Gasteiger partial charge in [0.25, 0.3) is 0 Å². The van der Waals surface area contributed by atoms with E-state index in [-0.39, 0.29) is 0 Å². The Morgan fingerprint density at radius 2 is 0.630 bits per heavy atom. The Bertz CT molecular complexity index is 583. The summed E-state index contributed by atoms with van der Waals surface area (Å²) in [7, 11) is 0. The summed E-state index contributed by atoms with van der Waals surface area (Å²) in [6, 6.07) is 29.3. The van der Waals surface area contributed by atoms with Gasteiger partial charge in [-0.1, -0.05) is 140 Å². The predicted octanol–water partition coefficient (Wildman–Crippen LogP) is 9.05. The van der Waals surface area contributed by atoms with Gasteiger partial charge in [0.15, 0.2) is 0 Å². The maximum absolute atomic E-state index is 2.22. The molecule has 0 unspecified atom stereocenters. The van der Waals surface area contributed by atoms with Gasteiger partial charge in [-0.2, -0.15) is 0 Å². The average molecular weight is 365 g/mol. The van der Waals surface area contributed by atoms with E-state index >= 15 is 0 Å². The molecule has 0 nitrogen and oxygen atoms in total. The van der Waals surface area contributed by atoms with Crippen LogP contribution in [0.25, 0.3) is 11.1 Å². The normalized spacial score (nSPS) is 8.59. The van der Waals surface area contributed by atoms with Crippen LogP contribution in [0.15, 0.2) is 84.9 Å². The van der Waals surface area contributed by atoms with E-state index in [1.165, 1.54) is 22.3 Å². The summed E-state index contributed by atoms with van der Waals surface area (Å²) in [6.07, 6.45) is 1.10. The molecule has 0 amide bonds. The highest BCUT2D eigenvalue weighted by Gasteiger charge is 2.15. The third-order valence-corrected chi connectivity index (χ3v) is 3.37. The second-order valence-electron chi connectivity index (χ2n) is 4.65. The van der Waals surface area contributed by atoms with Crippen LogP contribution in [0.3, 0.4) is 0 Å². The van der Waals surface area contributed by atoms with Crippen molar-refractivity contribution in [3.63, 3.8) is 0 Å². The van der Waals surface area contributed by atoms with Crippen molar-refractivity contribution in [3.05, 3.63) is 96.1 Å². The molecule has 0 heteroatoms. The van der Waals surface area contributed by atoms with Gasteiger partial charge in [0, 0.05) is 0 Å². The quantitative estimate of drug-likeness (QED) is 0.292. The Hall–Kier alpha value is -2.34. The van der Waals surface area contributed by atoms with Gasteiger partial charge in [0.05, 0.1) is 0 Å². The molecule has 0 N–H and O–H groups in total. The summed E-state index contributed by atoms with van der Waals surface area (Å²) < 4.78 is 0. The summed E-state index contributed by atoms with van der Waals surface area (Å²) in [5.74, 6) is 0. The first-order valence-electron chi connectivity index (χ1n) is 10.6. The Balaban J connectivity index is 0. The number of hydrogen-bond acceptors (Lipinski definition) is 0. The van der Waals surface area contributed by atoms with Crippen molar-refractivity contribution in [2.75, 3.05) is 0 Å². The summed E-state index contributed by atoms with van der Waals surface area (Å²) in [6.45, 7) is 16.0. The summed E-state index contributed by atoms with van der Waals surface area (Å²) in [4.78, 5) is 0. The molecule has 0 spiro atoms. The second-order valence-corrected chi connectivity index (χ2v) is 4.65. The lowest BCUT2D eigenvalue weighted by Gasteiger charge is -1.98. The topological polar surface area (TPSA) is 0 Å². The van der Waals surface area contributed by atoms with Crippen molar-refractivity contribution in [2.45, 2.75) is 61.8 Å². The lowest BCUT2D eigenvalue weighted by atomic mass is 10.1. The van der Waals surface area contributed by atoms with Crippen molar-refractivity contribution in [1.82, 2.24) is 0 Å². The fourth-order valence-corrected chi connectivity index (χ4v) is 2.46. The van der Waals surface area contributed by atoms with Crippen molar-refractivity contribution in [3.8, 4) is 11.1 Å². The largest absolute Gasteiger partial charge is 0.0683 e. The van der Waals surface area contributed by atoms with Gasteiger partial charge in [0.2, 0.25) is 0 Å². The molecule has 0 atom stereocenters. The van der Waals surface area contributed by atoms with Crippen LogP contribution in [0.1, 0.15) is 66.5 Å². The second kappa shape index (κ2) is 20.0. The Labute approximate surface area is 169 Å². The highest BCUT2D eigenvalue weighted by atomic mass is 14.2. The molecule has 0 saturated heterocycles. The van der Waals surface area contributed by atoms with E-state index in [4.69, 9.17) is 0 Å². The van der Waals surface area contributed by atoms with Crippen LogP contribution in [0.4, 0.5) is 0 Å². The first kappa shape index (κ1) is 26.9. The summed E-state index contributed by atoms with van der Waals surface area (Å²) in [5, 5.41) is 0. The Morgan fingerprint density at radius 1 is 0.370 bits per heavy atom. The molecule has 1 aliphatic rings. The van der Waals surface area contributed by atoms with Crippen molar-refractivity contribution < 1.29 is 0 Å². The van der Waals surface area contributed by atoms with E-state index in [9.17, 15) is 0 Å². The maximum Gasteiger partial charge on any atom is -0.00135 e. The van der Waals surface area contributed by atoms with E-state index in [1.54, 1.807) is 0 Å². The van der Waals surface area contributed by atoms with E-state index in [1.807, 2.05) is 91.8 Å². The van der Waals surface area contributed by atoms with E-state index in [0.717, 1.165) is 6.42 Å². The van der Waals surface area contributed by atoms with Crippen molar-refractivity contribution >= 4 is 0 Å². The first-order valence-corrected chi connectivity index (χ1v) is 10.6. The average Bonchev–Trinajstić information content (AvgIpc) is 3.20. The van der Waals surface area contributed by atoms with Gasteiger partial charge in [-0.15, -0.1) is 0 Å². The zero-order valence-electron chi connectivity index (χ0n) is 18.8. The molecule has 3 aromatic rings. The van der Waals surface area contributed by atoms with Crippen LogP contribution in [0, 0.1) is 0 Å². The van der Waals surface area contributed by atoms with Gasteiger partial charge in [0.1, 0.15) is 0 Å². The minimum atomic E-state index is 1.10. The SMILES string of the molecule is CC.CC.CC.CC.c1ccc2c(c1)Cc1ccccc1-2.c1ccccc1. The number of hydrogen-bond donors (Lipinski definition) is 0. The zero-order chi connectivity index (χ0) is 20.9. The van der Waals surface area contributed by atoms with Gasteiger partial charge in [-0.25, -0.2) is 0 Å². The van der Waals surface area contributed by atoms with E-state index in [0.29, 0.717) is 0 Å². The first-order chi connectivity index (χ1) is 13.4. The summed E-state index contributed by atoms with van der Waals surface area (Å²) >= 11 is 0. The van der Waals surface area contributed by atoms with Crippen LogP contribution in [0.5, 0.6) is 0 Å². The van der Waals surface area contributed by atoms with Gasteiger partial charge in [-0.05, 0) is 28.7 Å². The molecule has 4 rings (SSSR count). The fraction of sp³-hybridized carbons (Fsp3) is 0.333. The predicted molar refractivity (Wildman–Crippen MR) is 127 cm³/mol. The molecule has 0 fully saturated rings. The lowest BCUT2D eigenvalue weighted by molar-refractivity contribution is 1.26. The standard InChI is InChI=1S/C13H10.C6H6.4C2H6/c1-3-7-12-10(5-1)9-11-6-2-4-8-13(11)12;1-2-4-6-5-3-1;4*1-2/h1-8H,9H2;1-6H;4*1-2H3. The van der Waals surface area contributed by atoms with Crippen LogP contribution in [0.2, 0.25) is 0 Å². The van der Waals surface area contributed by atoms with Crippen molar-refractivity contribution in [1.29, 1.82) is 0 Å². The molecule has 0 heterocycles. The van der Waals surface area contributed by atoms with Crippen LogP contribution in [-0.2, 0) is 6.42 Å². The van der Waals surface area contributed by atoms with Crippen LogP contribution >= 0.6 is 0 Å². The van der Waals surface area contributed by atoms with Gasteiger partial charge >= 0.3 is 0 Å². The molecule has 0 bridgehead atoms. The molecular formula is C27H40. The van der Waals surface area contributed by atoms with Crippen LogP contribution < -0.4 is 0 Å². The minimum absolute atomic E-state index is 1.10. The lowest BCUT2D eigenvalue weighted by Crippen LogP contribution is -1.77. The molecule has 0 aliphatic heterocycles. The third-order valence-electron chi connectivity index (χ3n) is 3.37. The van der Waals surface area contributed by atoms with Crippen molar-refractivity contribution in [2.24, 2.45) is 0 Å². The van der Waals surface area contributed by atoms with E-state index < -0.39 is 0 Å². The third kappa shape index (κ3) is 9.80. The number of benzene rings is 3. The zero-order valence-corrected chi connectivity index (χ0v) is 18.8. The monoisotopic (exact) mass is 364 g/mol.